The molecule has 0 amide bonds. The van der Waals surface area contributed by atoms with Crippen LogP contribution in [0.4, 0.5) is 5.82 Å². The van der Waals surface area contributed by atoms with Crippen molar-refractivity contribution in [3.63, 3.8) is 0 Å². The van der Waals surface area contributed by atoms with Gasteiger partial charge in [-0.1, -0.05) is 29.3 Å². The van der Waals surface area contributed by atoms with Crippen LogP contribution in [0, 0.1) is 18.3 Å². The molecule has 0 saturated heterocycles. The second kappa shape index (κ2) is 12.0. The molecule has 1 heterocycles. The van der Waals surface area contributed by atoms with Crippen LogP contribution < -0.4 is 14.9 Å². The zero-order valence-corrected chi connectivity index (χ0v) is 21.8. The van der Waals surface area contributed by atoms with Crippen molar-refractivity contribution in [3.05, 3.63) is 78.9 Å². The lowest BCUT2D eigenvalue weighted by atomic mass is 10.1. The molecule has 0 radical (unpaired) electrons. The van der Waals surface area contributed by atoms with Gasteiger partial charge in [-0.15, -0.1) is 0 Å². The number of nitriles is 1. The number of anilines is 1. The van der Waals surface area contributed by atoms with E-state index in [0.717, 1.165) is 22.4 Å². The molecule has 0 bridgehead atoms. The molecule has 3 rings (SSSR count). The molecule has 1 N–H and O–H groups in total. The van der Waals surface area contributed by atoms with Gasteiger partial charge in [-0.2, -0.15) is 10.4 Å². The number of rotatable bonds is 9. The van der Waals surface area contributed by atoms with Crippen LogP contribution in [0.2, 0.25) is 10.0 Å². The van der Waals surface area contributed by atoms with E-state index >= 15 is 0 Å². The molecule has 0 aliphatic heterocycles. The van der Waals surface area contributed by atoms with Crippen molar-refractivity contribution in [1.82, 2.24) is 4.98 Å². The predicted molar refractivity (Wildman–Crippen MR) is 137 cm³/mol. The molecule has 2 aromatic carbocycles. The zero-order valence-electron chi connectivity index (χ0n) is 18.7. The molecule has 7 nitrogen and oxygen atoms in total. The molecule has 0 fully saturated rings. The van der Waals surface area contributed by atoms with Crippen molar-refractivity contribution in [2.45, 2.75) is 20.1 Å². The van der Waals surface area contributed by atoms with Crippen molar-refractivity contribution in [3.8, 4) is 17.6 Å². The number of nitrogens with zero attached hydrogens (tertiary/aromatic N) is 3. The average Bonchev–Trinajstić information content (AvgIpc) is 2.79. The highest BCUT2D eigenvalue weighted by atomic mass is 79.9. The summed E-state index contributed by atoms with van der Waals surface area (Å²) in [6.45, 7) is 2.38. The van der Waals surface area contributed by atoms with E-state index < -0.39 is 0 Å². The Morgan fingerprint density at radius 1 is 1.15 bits per heavy atom. The Labute approximate surface area is 216 Å². The number of nitrogens with one attached hydrogen (secondary N) is 1. The quantitative estimate of drug-likeness (QED) is 0.236. The van der Waals surface area contributed by atoms with Crippen LogP contribution in [0.5, 0.6) is 11.5 Å². The normalized spacial score (nSPS) is 10.9. The Balaban J connectivity index is 1.79. The smallest absolute Gasteiger partial charge is 0.175 e. The third kappa shape index (κ3) is 6.39. The van der Waals surface area contributed by atoms with Crippen molar-refractivity contribution < 1.29 is 14.2 Å². The molecule has 176 valence electrons. The maximum Gasteiger partial charge on any atom is 0.175 e. The first-order valence-electron chi connectivity index (χ1n) is 9.99. The summed E-state index contributed by atoms with van der Waals surface area (Å²) in [6, 6.07) is 12.8. The van der Waals surface area contributed by atoms with Crippen molar-refractivity contribution in [2.75, 3.05) is 19.6 Å². The molecule has 3 aromatic rings. The highest BCUT2D eigenvalue weighted by molar-refractivity contribution is 9.10. The minimum atomic E-state index is 0.236. The van der Waals surface area contributed by atoms with Crippen molar-refractivity contribution in [2.24, 2.45) is 5.10 Å². The predicted octanol–water partition coefficient (Wildman–Crippen LogP) is 6.51. The van der Waals surface area contributed by atoms with Gasteiger partial charge in [0.2, 0.25) is 0 Å². The second-order valence-corrected chi connectivity index (χ2v) is 8.82. The second-order valence-electron chi connectivity index (χ2n) is 7.12. The molecule has 0 saturated carbocycles. The number of aromatic nitrogens is 1. The number of hydrogen-bond donors (Lipinski definition) is 1. The van der Waals surface area contributed by atoms with Gasteiger partial charge in [0.1, 0.15) is 18.2 Å². The summed E-state index contributed by atoms with van der Waals surface area (Å²) in [6.07, 6.45) is 1.59. The van der Waals surface area contributed by atoms with E-state index in [1.54, 1.807) is 38.6 Å². The standard InChI is InChI=1S/C24H21BrCl2N4O3/c1-14-6-17(12-32-2)19(10-28)24(30-14)31-29-11-15-7-20(25)23(22(8-15)33-3)34-13-16-4-5-18(26)9-21(16)27/h4-9,11H,12-13H2,1-3H3,(H,30,31)/b29-11+. The van der Waals surface area contributed by atoms with Crippen LogP contribution >= 0.6 is 39.1 Å². The Morgan fingerprint density at radius 3 is 2.62 bits per heavy atom. The molecule has 1 aromatic heterocycles. The number of benzene rings is 2. The van der Waals surface area contributed by atoms with Gasteiger partial charge >= 0.3 is 0 Å². The van der Waals surface area contributed by atoms with E-state index in [9.17, 15) is 5.26 Å². The molecular formula is C24H21BrCl2N4O3. The van der Waals surface area contributed by atoms with E-state index in [1.807, 2.05) is 25.1 Å². The van der Waals surface area contributed by atoms with Gasteiger partial charge in [0.15, 0.2) is 17.3 Å². The summed E-state index contributed by atoms with van der Waals surface area (Å²) < 4.78 is 17.3. The third-order valence-corrected chi connectivity index (χ3v) is 5.84. The van der Waals surface area contributed by atoms with Crippen LogP contribution in [0.25, 0.3) is 0 Å². The minimum absolute atomic E-state index is 0.236. The fraction of sp³-hybridized carbons (Fsp3) is 0.208. The Hall–Kier alpha value is -2.83. The number of hydrogen-bond acceptors (Lipinski definition) is 7. The first-order chi connectivity index (χ1) is 16.4. The summed E-state index contributed by atoms with van der Waals surface area (Å²) in [7, 11) is 3.13. The highest BCUT2D eigenvalue weighted by Crippen LogP contribution is 2.37. The summed E-state index contributed by atoms with van der Waals surface area (Å²) in [5.41, 5.74) is 6.24. The maximum atomic E-state index is 9.54. The Morgan fingerprint density at radius 2 is 1.94 bits per heavy atom. The largest absolute Gasteiger partial charge is 0.493 e. The molecule has 0 atom stereocenters. The Bertz CT molecular complexity index is 1260. The van der Waals surface area contributed by atoms with Gasteiger partial charge in [0.25, 0.3) is 0 Å². The molecule has 34 heavy (non-hydrogen) atoms. The fourth-order valence-electron chi connectivity index (χ4n) is 3.13. The van der Waals surface area contributed by atoms with Gasteiger partial charge in [0.05, 0.1) is 24.4 Å². The lowest BCUT2D eigenvalue weighted by Crippen LogP contribution is -2.04. The lowest BCUT2D eigenvalue weighted by Gasteiger charge is -2.14. The monoisotopic (exact) mass is 562 g/mol. The fourth-order valence-corrected chi connectivity index (χ4v) is 4.16. The van der Waals surface area contributed by atoms with Gasteiger partial charge < -0.3 is 14.2 Å². The molecular weight excluding hydrogens is 543 g/mol. The van der Waals surface area contributed by atoms with E-state index in [2.05, 4.69) is 37.5 Å². The Kier molecular flexibility index (Phi) is 9.13. The lowest BCUT2D eigenvalue weighted by molar-refractivity contribution is 0.184. The number of methoxy groups -OCH3 is 2. The molecule has 0 aliphatic rings. The summed E-state index contributed by atoms with van der Waals surface area (Å²) >= 11 is 15.7. The first-order valence-corrected chi connectivity index (χ1v) is 11.5. The number of halogens is 3. The first kappa shape index (κ1) is 25.8. The van der Waals surface area contributed by atoms with Gasteiger partial charge in [-0.3, -0.25) is 5.43 Å². The van der Waals surface area contributed by atoms with Crippen molar-refractivity contribution >= 4 is 51.2 Å². The zero-order chi connectivity index (χ0) is 24.7. The highest BCUT2D eigenvalue weighted by Gasteiger charge is 2.14. The van der Waals surface area contributed by atoms with E-state index in [1.165, 1.54) is 0 Å². The van der Waals surface area contributed by atoms with Crippen LogP contribution in [-0.4, -0.2) is 25.4 Å². The molecule has 0 spiro atoms. The molecule has 0 unspecified atom stereocenters. The van der Waals surface area contributed by atoms with Crippen LogP contribution in [0.3, 0.4) is 0 Å². The number of hydrazone groups is 1. The minimum Gasteiger partial charge on any atom is -0.493 e. The summed E-state index contributed by atoms with van der Waals surface area (Å²) in [4.78, 5) is 4.37. The van der Waals surface area contributed by atoms with E-state index in [4.69, 9.17) is 37.4 Å². The van der Waals surface area contributed by atoms with Crippen molar-refractivity contribution in [1.29, 1.82) is 5.26 Å². The van der Waals surface area contributed by atoms with Crippen LogP contribution in [0.15, 0.2) is 46.0 Å². The maximum absolute atomic E-state index is 9.54. The number of pyridine rings is 1. The van der Waals surface area contributed by atoms with E-state index in [-0.39, 0.29) is 6.61 Å². The SMILES string of the molecule is COCc1cc(C)nc(N/N=C/c2cc(Br)c(OCc3ccc(Cl)cc3Cl)c(OC)c2)c1C#N. The van der Waals surface area contributed by atoms with Crippen LogP contribution in [-0.2, 0) is 18.0 Å². The number of aryl methyl sites for hydroxylation is 1. The third-order valence-electron chi connectivity index (χ3n) is 4.66. The van der Waals surface area contributed by atoms with Gasteiger partial charge in [-0.25, -0.2) is 4.98 Å². The van der Waals surface area contributed by atoms with Gasteiger partial charge in [0, 0.05) is 34.0 Å². The molecule has 0 aliphatic carbocycles. The summed E-state index contributed by atoms with van der Waals surface area (Å²) in [5, 5.41) is 14.9. The topological polar surface area (TPSA) is 88.8 Å². The summed E-state index contributed by atoms with van der Waals surface area (Å²) in [5.74, 6) is 1.39. The van der Waals surface area contributed by atoms with Crippen LogP contribution in [0.1, 0.15) is 27.9 Å². The molecule has 10 heteroatoms. The number of ether oxygens (including phenoxy) is 3. The van der Waals surface area contributed by atoms with Gasteiger partial charge in [-0.05, 0) is 58.7 Å². The van der Waals surface area contributed by atoms with E-state index in [0.29, 0.717) is 44.0 Å². The average molecular weight is 564 g/mol.